The average Bonchev–Trinajstić information content (AvgIpc) is 2.68. The van der Waals surface area contributed by atoms with Crippen molar-refractivity contribution < 1.29 is 4.79 Å². The number of benzene rings is 1. The van der Waals surface area contributed by atoms with Gasteiger partial charge in [0.1, 0.15) is 6.54 Å². The summed E-state index contributed by atoms with van der Waals surface area (Å²) < 4.78 is 1.48. The second-order valence-corrected chi connectivity index (χ2v) is 4.42. The van der Waals surface area contributed by atoms with E-state index >= 15 is 0 Å². The number of nitrogens with zero attached hydrogens (tertiary/aromatic N) is 2. The minimum Gasteiger partial charge on any atom is -0.399 e. The third-order valence-corrected chi connectivity index (χ3v) is 2.63. The SMILES string of the molecule is Cc1cc(N)ccc1NC(=O)Cn1cc(Cl)cn1. The second-order valence-electron chi connectivity index (χ2n) is 3.98. The fourth-order valence-electron chi connectivity index (χ4n) is 1.59. The van der Waals surface area contributed by atoms with Gasteiger partial charge in [-0.1, -0.05) is 11.6 Å². The van der Waals surface area contributed by atoms with Crippen molar-refractivity contribution in [2.24, 2.45) is 0 Å². The van der Waals surface area contributed by atoms with Gasteiger partial charge < -0.3 is 11.1 Å². The molecule has 1 heterocycles. The van der Waals surface area contributed by atoms with E-state index in [9.17, 15) is 4.79 Å². The molecule has 2 aromatic rings. The molecule has 18 heavy (non-hydrogen) atoms. The molecule has 1 aromatic carbocycles. The molecule has 0 aliphatic carbocycles. The molecular weight excluding hydrogens is 252 g/mol. The maximum Gasteiger partial charge on any atom is 0.246 e. The van der Waals surface area contributed by atoms with Gasteiger partial charge in [-0.25, -0.2) is 0 Å². The third kappa shape index (κ3) is 3.01. The molecule has 3 N–H and O–H groups in total. The van der Waals surface area contributed by atoms with E-state index in [-0.39, 0.29) is 12.5 Å². The van der Waals surface area contributed by atoms with Crippen LogP contribution in [0.5, 0.6) is 0 Å². The summed E-state index contributed by atoms with van der Waals surface area (Å²) in [5, 5.41) is 7.24. The summed E-state index contributed by atoms with van der Waals surface area (Å²) in [4.78, 5) is 11.8. The molecule has 1 aromatic heterocycles. The lowest BCUT2D eigenvalue weighted by atomic mass is 10.2. The van der Waals surface area contributed by atoms with Crippen LogP contribution in [0.3, 0.4) is 0 Å². The van der Waals surface area contributed by atoms with E-state index in [2.05, 4.69) is 10.4 Å². The Balaban J connectivity index is 2.03. The number of rotatable bonds is 3. The van der Waals surface area contributed by atoms with Crippen molar-refractivity contribution in [2.45, 2.75) is 13.5 Å². The molecule has 0 aliphatic heterocycles. The highest BCUT2D eigenvalue weighted by Crippen LogP contribution is 2.17. The van der Waals surface area contributed by atoms with Crippen molar-refractivity contribution in [3.63, 3.8) is 0 Å². The van der Waals surface area contributed by atoms with Crippen LogP contribution in [0.1, 0.15) is 5.56 Å². The Morgan fingerprint density at radius 1 is 1.56 bits per heavy atom. The number of carbonyl (C=O) groups is 1. The summed E-state index contributed by atoms with van der Waals surface area (Å²) in [6.45, 7) is 2.01. The van der Waals surface area contributed by atoms with Gasteiger partial charge in [-0.3, -0.25) is 9.48 Å². The van der Waals surface area contributed by atoms with Gasteiger partial charge in [-0.15, -0.1) is 0 Å². The smallest absolute Gasteiger partial charge is 0.246 e. The maximum atomic E-state index is 11.8. The normalized spacial score (nSPS) is 10.3. The quantitative estimate of drug-likeness (QED) is 0.834. The molecule has 1 amide bonds. The summed E-state index contributed by atoms with van der Waals surface area (Å²) in [5.74, 6) is -0.164. The first kappa shape index (κ1) is 12.4. The summed E-state index contributed by atoms with van der Waals surface area (Å²) >= 11 is 5.72. The molecule has 0 radical (unpaired) electrons. The first-order chi connectivity index (χ1) is 8.54. The predicted octanol–water partition coefficient (Wildman–Crippen LogP) is 2.07. The van der Waals surface area contributed by atoms with Crippen LogP contribution < -0.4 is 11.1 Å². The largest absolute Gasteiger partial charge is 0.399 e. The summed E-state index contributed by atoms with van der Waals surface area (Å²) in [5.41, 5.74) is 7.98. The fraction of sp³-hybridized carbons (Fsp3) is 0.167. The molecule has 0 atom stereocenters. The highest BCUT2D eigenvalue weighted by Gasteiger charge is 2.06. The van der Waals surface area contributed by atoms with Gasteiger partial charge in [0, 0.05) is 17.6 Å². The van der Waals surface area contributed by atoms with Gasteiger partial charge in [0.25, 0.3) is 0 Å². The van der Waals surface area contributed by atoms with Crippen LogP contribution in [-0.4, -0.2) is 15.7 Å². The Hall–Kier alpha value is -2.01. The lowest BCUT2D eigenvalue weighted by molar-refractivity contribution is -0.116. The molecule has 0 saturated heterocycles. The van der Waals surface area contributed by atoms with E-state index in [0.29, 0.717) is 10.7 Å². The van der Waals surface area contributed by atoms with Crippen molar-refractivity contribution >= 4 is 28.9 Å². The minimum atomic E-state index is -0.164. The van der Waals surface area contributed by atoms with Crippen molar-refractivity contribution in [3.8, 4) is 0 Å². The highest BCUT2D eigenvalue weighted by molar-refractivity contribution is 6.30. The standard InChI is InChI=1S/C12H13ClN4O/c1-8-4-10(14)2-3-11(8)16-12(18)7-17-6-9(13)5-15-17/h2-6H,7,14H2,1H3,(H,16,18). The van der Waals surface area contributed by atoms with Crippen LogP contribution in [0.2, 0.25) is 5.02 Å². The van der Waals surface area contributed by atoms with E-state index in [1.807, 2.05) is 6.92 Å². The Morgan fingerprint density at radius 2 is 2.33 bits per heavy atom. The second kappa shape index (κ2) is 5.10. The molecule has 94 valence electrons. The molecule has 5 nitrogen and oxygen atoms in total. The molecule has 0 bridgehead atoms. The van der Waals surface area contributed by atoms with Crippen LogP contribution in [0.15, 0.2) is 30.6 Å². The number of aryl methyl sites for hydroxylation is 1. The number of hydrogen-bond donors (Lipinski definition) is 2. The molecule has 0 unspecified atom stereocenters. The average molecular weight is 265 g/mol. The van der Waals surface area contributed by atoms with E-state index in [1.165, 1.54) is 10.9 Å². The summed E-state index contributed by atoms with van der Waals surface area (Å²) in [6, 6.07) is 5.33. The maximum absolute atomic E-state index is 11.8. The monoisotopic (exact) mass is 264 g/mol. The van der Waals surface area contributed by atoms with E-state index in [4.69, 9.17) is 17.3 Å². The Morgan fingerprint density at radius 3 is 2.94 bits per heavy atom. The number of aromatic nitrogens is 2. The highest BCUT2D eigenvalue weighted by atomic mass is 35.5. The van der Waals surface area contributed by atoms with Crippen LogP contribution in [0.4, 0.5) is 11.4 Å². The van der Waals surface area contributed by atoms with E-state index in [1.54, 1.807) is 24.4 Å². The topological polar surface area (TPSA) is 72.9 Å². The number of hydrogen-bond acceptors (Lipinski definition) is 3. The number of anilines is 2. The molecule has 0 saturated carbocycles. The van der Waals surface area contributed by atoms with Gasteiger partial charge in [0.05, 0.1) is 11.2 Å². The first-order valence-electron chi connectivity index (χ1n) is 5.38. The lowest BCUT2D eigenvalue weighted by Gasteiger charge is -2.09. The predicted molar refractivity (Wildman–Crippen MR) is 71.5 cm³/mol. The molecule has 0 spiro atoms. The summed E-state index contributed by atoms with van der Waals surface area (Å²) in [7, 11) is 0. The van der Waals surface area contributed by atoms with Gasteiger partial charge in [-0.2, -0.15) is 5.10 Å². The van der Waals surface area contributed by atoms with Gasteiger partial charge in [0.2, 0.25) is 5.91 Å². The van der Waals surface area contributed by atoms with Crippen LogP contribution in [-0.2, 0) is 11.3 Å². The van der Waals surface area contributed by atoms with Crippen molar-refractivity contribution in [1.82, 2.24) is 9.78 Å². The van der Waals surface area contributed by atoms with Gasteiger partial charge in [0.15, 0.2) is 0 Å². The number of carbonyl (C=O) groups excluding carboxylic acids is 1. The summed E-state index contributed by atoms with van der Waals surface area (Å²) in [6.07, 6.45) is 3.08. The zero-order chi connectivity index (χ0) is 13.1. The zero-order valence-electron chi connectivity index (χ0n) is 9.85. The Labute approximate surface area is 110 Å². The van der Waals surface area contributed by atoms with E-state index in [0.717, 1.165) is 11.3 Å². The lowest BCUT2D eigenvalue weighted by Crippen LogP contribution is -2.19. The van der Waals surface area contributed by atoms with Crippen molar-refractivity contribution in [3.05, 3.63) is 41.2 Å². The van der Waals surface area contributed by atoms with Gasteiger partial charge >= 0.3 is 0 Å². The zero-order valence-corrected chi connectivity index (χ0v) is 10.6. The third-order valence-electron chi connectivity index (χ3n) is 2.43. The fourth-order valence-corrected chi connectivity index (χ4v) is 1.75. The molecular formula is C12H13ClN4O. The molecule has 2 rings (SSSR count). The Bertz CT molecular complexity index is 579. The van der Waals surface area contributed by atoms with Crippen LogP contribution in [0.25, 0.3) is 0 Å². The van der Waals surface area contributed by atoms with E-state index < -0.39 is 0 Å². The number of nitrogens with one attached hydrogen (secondary N) is 1. The van der Waals surface area contributed by atoms with Crippen LogP contribution in [0, 0.1) is 6.92 Å². The van der Waals surface area contributed by atoms with Crippen LogP contribution >= 0.6 is 11.6 Å². The van der Waals surface area contributed by atoms with Gasteiger partial charge in [-0.05, 0) is 30.7 Å². The number of halogens is 1. The number of nitrogen functional groups attached to an aromatic ring is 1. The molecule has 6 heteroatoms. The molecule has 0 aliphatic rings. The number of nitrogens with two attached hydrogens (primary N) is 1. The molecule has 0 fully saturated rings. The minimum absolute atomic E-state index is 0.122. The number of amides is 1. The Kier molecular flexibility index (Phi) is 3.53. The van der Waals surface area contributed by atoms with Crippen molar-refractivity contribution in [2.75, 3.05) is 11.1 Å². The van der Waals surface area contributed by atoms with Crippen molar-refractivity contribution in [1.29, 1.82) is 0 Å². The first-order valence-corrected chi connectivity index (χ1v) is 5.76.